The van der Waals surface area contributed by atoms with Crippen LogP contribution in [0, 0.1) is 0 Å². The highest BCUT2D eigenvalue weighted by Gasteiger charge is 2.37. The fourth-order valence-electron chi connectivity index (χ4n) is 2.35. The minimum Gasteiger partial charge on any atom is -0.546 e. The van der Waals surface area contributed by atoms with Crippen LogP contribution >= 0.6 is 39.3 Å². The highest BCUT2D eigenvalue weighted by molar-refractivity contribution is 9.10. The van der Waals surface area contributed by atoms with Gasteiger partial charge in [0.1, 0.15) is 12.4 Å². The Balaban J connectivity index is 1.96. The molecule has 1 aliphatic heterocycles. The number of benzene rings is 2. The van der Waals surface area contributed by atoms with Gasteiger partial charge in [0, 0.05) is 10.0 Å². The summed E-state index contributed by atoms with van der Waals surface area (Å²) in [5, 5.41) is 10.4. The predicted molar refractivity (Wildman–Crippen MR) is 105 cm³/mol. The van der Waals surface area contributed by atoms with E-state index in [1.54, 1.807) is 42.5 Å². The first kappa shape index (κ1) is 19.5. The number of carbonyl (C=O) groups is 3. The Kier molecular flexibility index (Phi) is 5.88. The third-order valence-electron chi connectivity index (χ3n) is 3.49. The average Bonchev–Trinajstić information content (AvgIpc) is 2.88. The van der Waals surface area contributed by atoms with Crippen LogP contribution in [0.25, 0.3) is 6.08 Å². The summed E-state index contributed by atoms with van der Waals surface area (Å²) < 4.78 is 5.88. The molecule has 2 amide bonds. The second-order valence-corrected chi connectivity index (χ2v) is 7.63. The molecule has 0 aliphatic carbocycles. The van der Waals surface area contributed by atoms with Crippen molar-refractivity contribution in [2.45, 2.75) is 0 Å². The molecule has 0 radical (unpaired) electrons. The van der Waals surface area contributed by atoms with E-state index in [1.165, 1.54) is 6.08 Å². The Labute approximate surface area is 171 Å². The Bertz CT molecular complexity index is 978. The summed E-state index contributed by atoms with van der Waals surface area (Å²) in [4.78, 5) is 36.9. The van der Waals surface area contributed by atoms with Crippen molar-refractivity contribution in [1.82, 2.24) is 0 Å². The van der Waals surface area contributed by atoms with Gasteiger partial charge in [-0.2, -0.15) is 0 Å². The number of hydrogen-bond donors (Lipinski definition) is 0. The Hall–Kier alpha value is -2.29. The molecule has 0 spiro atoms. The molecule has 0 saturated carbocycles. The highest BCUT2D eigenvalue weighted by Crippen LogP contribution is 2.39. The van der Waals surface area contributed by atoms with Crippen molar-refractivity contribution in [3.63, 3.8) is 0 Å². The van der Waals surface area contributed by atoms with E-state index in [0.29, 0.717) is 15.7 Å². The van der Waals surface area contributed by atoms with Crippen LogP contribution in [0.5, 0.6) is 5.75 Å². The minimum atomic E-state index is -1.37. The van der Waals surface area contributed by atoms with Crippen LogP contribution in [0.4, 0.5) is 10.5 Å². The first-order valence-electron chi connectivity index (χ1n) is 7.51. The number of hydrogen-bond acceptors (Lipinski definition) is 6. The monoisotopic (exact) mass is 466 g/mol. The Morgan fingerprint density at radius 1 is 1.26 bits per heavy atom. The van der Waals surface area contributed by atoms with Gasteiger partial charge in [-0.05, 0) is 48.2 Å². The summed E-state index contributed by atoms with van der Waals surface area (Å²) in [6.07, 6.45) is 1.47. The summed E-state index contributed by atoms with van der Waals surface area (Å²) in [5.41, 5.74) is 0.739. The second-order valence-electron chi connectivity index (χ2n) is 5.31. The van der Waals surface area contributed by atoms with E-state index in [-0.39, 0.29) is 15.7 Å². The number of carboxylic acid groups (broad SMARTS) is 1. The number of carbonyl (C=O) groups excluding carboxylic acids is 3. The molecule has 27 heavy (non-hydrogen) atoms. The number of imide groups is 1. The van der Waals surface area contributed by atoms with Crippen LogP contribution in [-0.4, -0.2) is 23.7 Å². The molecule has 0 aromatic heterocycles. The van der Waals surface area contributed by atoms with E-state index in [0.717, 1.165) is 16.7 Å². The fraction of sp³-hybridized carbons (Fsp3) is 0.0556. The first-order valence-corrected chi connectivity index (χ1v) is 9.50. The van der Waals surface area contributed by atoms with E-state index < -0.39 is 23.7 Å². The van der Waals surface area contributed by atoms with Crippen molar-refractivity contribution >= 4 is 68.2 Å². The largest absolute Gasteiger partial charge is 0.546 e. The molecule has 0 bridgehead atoms. The van der Waals surface area contributed by atoms with Crippen LogP contribution in [-0.2, 0) is 9.59 Å². The summed E-state index contributed by atoms with van der Waals surface area (Å²) in [6, 6.07) is 11.4. The molecule has 0 unspecified atom stereocenters. The van der Waals surface area contributed by atoms with Crippen molar-refractivity contribution in [3.05, 3.63) is 62.4 Å². The van der Waals surface area contributed by atoms with Gasteiger partial charge in [0.2, 0.25) is 0 Å². The molecule has 3 rings (SSSR count). The molecule has 9 heteroatoms. The smallest absolute Gasteiger partial charge is 0.298 e. The summed E-state index contributed by atoms with van der Waals surface area (Å²) in [7, 11) is 0. The van der Waals surface area contributed by atoms with Gasteiger partial charge in [0.05, 0.1) is 21.6 Å². The zero-order valence-electron chi connectivity index (χ0n) is 13.5. The van der Waals surface area contributed by atoms with Gasteiger partial charge in [-0.1, -0.05) is 39.7 Å². The van der Waals surface area contributed by atoms with Gasteiger partial charge in [-0.25, -0.2) is 4.90 Å². The molecule has 6 nitrogen and oxygen atoms in total. The van der Waals surface area contributed by atoms with Gasteiger partial charge >= 0.3 is 0 Å². The molecular weight excluding hydrogens is 458 g/mol. The third-order valence-corrected chi connectivity index (χ3v) is 5.17. The number of rotatable bonds is 5. The normalized spacial score (nSPS) is 15.5. The van der Waals surface area contributed by atoms with Crippen LogP contribution in [0.1, 0.15) is 5.56 Å². The van der Waals surface area contributed by atoms with Crippen LogP contribution in [0.15, 0.2) is 51.8 Å². The van der Waals surface area contributed by atoms with Gasteiger partial charge in [0.15, 0.2) is 0 Å². The van der Waals surface area contributed by atoms with Crippen LogP contribution in [0.2, 0.25) is 5.02 Å². The molecule has 1 aliphatic rings. The third kappa shape index (κ3) is 4.35. The molecule has 2 aromatic rings. The summed E-state index contributed by atoms with van der Waals surface area (Å²) in [6.45, 7) is -0.635. The summed E-state index contributed by atoms with van der Waals surface area (Å²) >= 11 is 10.2. The maximum Gasteiger partial charge on any atom is 0.298 e. The van der Waals surface area contributed by atoms with Crippen molar-refractivity contribution in [2.24, 2.45) is 0 Å². The molecule has 2 aromatic carbocycles. The SMILES string of the molecule is O=C([O-])COc1ccc(Br)cc1/C=C1\SC(=O)N(c2ccccc2Cl)C1=O. The topological polar surface area (TPSA) is 86.7 Å². The minimum absolute atomic E-state index is 0.163. The number of amides is 2. The van der Waals surface area contributed by atoms with Gasteiger partial charge in [-0.15, -0.1) is 0 Å². The number of halogens is 2. The van der Waals surface area contributed by atoms with Crippen LogP contribution in [0.3, 0.4) is 0 Å². The standard InChI is InChI=1S/C18H11BrClNO5S/c19-11-5-6-14(26-9-16(22)23)10(7-11)8-15-17(24)21(18(25)27-15)13-4-2-1-3-12(13)20/h1-8H,9H2,(H,22,23)/p-1/b15-8-. The lowest BCUT2D eigenvalue weighted by molar-refractivity contribution is -0.307. The number of carboxylic acids is 1. The van der Waals surface area contributed by atoms with Crippen molar-refractivity contribution in [3.8, 4) is 5.75 Å². The molecule has 138 valence electrons. The zero-order valence-corrected chi connectivity index (χ0v) is 16.6. The quantitative estimate of drug-likeness (QED) is 0.626. The molecule has 0 atom stereocenters. The maximum atomic E-state index is 12.7. The van der Waals surface area contributed by atoms with E-state index in [1.807, 2.05) is 0 Å². The van der Waals surface area contributed by atoms with Gasteiger partial charge in [-0.3, -0.25) is 9.59 Å². The Morgan fingerprint density at radius 3 is 2.70 bits per heavy atom. The molecule has 0 N–H and O–H groups in total. The van der Waals surface area contributed by atoms with Crippen LogP contribution < -0.4 is 14.7 Å². The van der Waals surface area contributed by atoms with Crippen molar-refractivity contribution in [2.75, 3.05) is 11.5 Å². The lowest BCUT2D eigenvalue weighted by Crippen LogP contribution is -2.29. The number of anilines is 1. The lowest BCUT2D eigenvalue weighted by Gasteiger charge is -2.14. The maximum absolute atomic E-state index is 12.7. The average molecular weight is 468 g/mol. The van der Waals surface area contributed by atoms with E-state index in [9.17, 15) is 19.5 Å². The molecule has 1 fully saturated rings. The number of nitrogens with zero attached hydrogens (tertiary/aromatic N) is 1. The first-order chi connectivity index (χ1) is 12.9. The van der Waals surface area contributed by atoms with Gasteiger partial charge in [0.25, 0.3) is 11.1 Å². The lowest BCUT2D eigenvalue weighted by atomic mass is 10.2. The highest BCUT2D eigenvalue weighted by atomic mass is 79.9. The van der Waals surface area contributed by atoms with Gasteiger partial charge < -0.3 is 14.6 Å². The second kappa shape index (κ2) is 8.16. The zero-order chi connectivity index (χ0) is 19.6. The molecule has 1 heterocycles. The number of aliphatic carboxylic acids is 1. The van der Waals surface area contributed by atoms with Crippen molar-refractivity contribution < 1.29 is 24.2 Å². The molecule has 1 saturated heterocycles. The summed E-state index contributed by atoms with van der Waals surface area (Å²) in [5.74, 6) is -1.65. The predicted octanol–water partition coefficient (Wildman–Crippen LogP) is 3.47. The number of ether oxygens (including phenoxy) is 1. The van der Waals surface area contributed by atoms with E-state index >= 15 is 0 Å². The van der Waals surface area contributed by atoms with E-state index in [4.69, 9.17) is 16.3 Å². The number of thioether (sulfide) groups is 1. The fourth-order valence-corrected chi connectivity index (χ4v) is 3.77. The Morgan fingerprint density at radius 2 is 2.00 bits per heavy atom. The number of para-hydroxylation sites is 1. The van der Waals surface area contributed by atoms with Crippen molar-refractivity contribution in [1.29, 1.82) is 0 Å². The molecular formula is C18H10BrClNO5S-. The van der Waals surface area contributed by atoms with E-state index in [2.05, 4.69) is 15.9 Å².